The molecular formula is C13H15N9O4S3+2. The van der Waals surface area contributed by atoms with Crippen LogP contribution in [0.25, 0.3) is 0 Å². The number of amides is 2. The Morgan fingerprint density at radius 2 is 2.28 bits per heavy atom. The zero-order valence-corrected chi connectivity index (χ0v) is 17.4. The van der Waals surface area contributed by atoms with Gasteiger partial charge in [0.15, 0.2) is 17.0 Å². The summed E-state index contributed by atoms with van der Waals surface area (Å²) in [6.07, 6.45) is 0. The van der Waals surface area contributed by atoms with Crippen molar-refractivity contribution in [1.82, 2.24) is 20.5 Å². The van der Waals surface area contributed by atoms with E-state index in [2.05, 4.69) is 31.2 Å². The summed E-state index contributed by atoms with van der Waals surface area (Å²) in [6.45, 7) is 0.118. The van der Waals surface area contributed by atoms with Crippen LogP contribution in [0, 0.1) is 0 Å². The molecular weight excluding hydrogens is 442 g/mol. The SMILES string of the molecule is C[n+]1nnc(SCC2=C(C(=O)O)N3C(=O)[C@@H](NC(=O)C[N+]4=NN=NC4)[C@H]3SC2)s1. The molecule has 3 aliphatic rings. The molecule has 0 spiro atoms. The molecule has 0 bridgehead atoms. The number of thioether (sulfide) groups is 2. The molecule has 4 heterocycles. The molecule has 2 N–H and O–H groups in total. The second-order valence-corrected chi connectivity index (χ2v) is 9.56. The smallest absolute Gasteiger partial charge is 0.352 e. The zero-order valence-electron chi connectivity index (χ0n) is 15.0. The van der Waals surface area contributed by atoms with Crippen LogP contribution in [-0.2, 0) is 21.4 Å². The van der Waals surface area contributed by atoms with Gasteiger partial charge in [-0.3, -0.25) is 14.5 Å². The van der Waals surface area contributed by atoms with E-state index in [1.54, 1.807) is 11.1 Å². The molecule has 13 nitrogen and oxygen atoms in total. The maximum absolute atomic E-state index is 12.6. The van der Waals surface area contributed by atoms with Gasteiger partial charge in [-0.1, -0.05) is 15.8 Å². The van der Waals surface area contributed by atoms with Crippen molar-refractivity contribution in [3.05, 3.63) is 11.3 Å². The standard InChI is InChI=1S/C13H13N9O4S3/c1-20-18-16-13(29-20)28-4-6-3-27-11-8(10(24)22(11)9(6)12(25)26)15-7(23)2-21-5-14-17-19-21/h8,11H,2-5H2,1H3/p+2/t8-,11-/m1/s1. The molecule has 0 unspecified atom stereocenters. The number of aryl methyl sites for hydroxylation is 1. The van der Waals surface area contributed by atoms with E-state index < -0.39 is 29.2 Å². The van der Waals surface area contributed by atoms with E-state index in [1.165, 1.54) is 44.7 Å². The van der Waals surface area contributed by atoms with Crippen molar-refractivity contribution < 1.29 is 28.3 Å². The van der Waals surface area contributed by atoms with Crippen LogP contribution in [0.2, 0.25) is 0 Å². The minimum Gasteiger partial charge on any atom is -0.477 e. The summed E-state index contributed by atoms with van der Waals surface area (Å²) in [4.78, 5) is 37.8. The van der Waals surface area contributed by atoms with E-state index in [1.807, 2.05) is 0 Å². The van der Waals surface area contributed by atoms with Gasteiger partial charge in [-0.15, -0.1) is 16.5 Å². The first-order valence-corrected chi connectivity index (χ1v) is 11.1. The molecule has 2 amide bonds. The number of nitrogens with one attached hydrogen (secondary N) is 1. The molecule has 0 radical (unpaired) electrons. The molecule has 1 aromatic rings. The number of carboxylic acid groups (broad SMARTS) is 1. The molecule has 2 atom stereocenters. The number of hydrogen-bond acceptors (Lipinski definition) is 11. The Labute approximate surface area is 176 Å². The van der Waals surface area contributed by atoms with Crippen LogP contribution in [0.4, 0.5) is 0 Å². The van der Waals surface area contributed by atoms with E-state index >= 15 is 0 Å². The number of hydrogen-bond donors (Lipinski definition) is 2. The van der Waals surface area contributed by atoms with Gasteiger partial charge < -0.3 is 10.4 Å². The Bertz CT molecular complexity index is 974. The van der Waals surface area contributed by atoms with Crippen molar-refractivity contribution in [3.8, 4) is 0 Å². The molecule has 0 aromatic carbocycles. The largest absolute Gasteiger partial charge is 0.477 e. The lowest BCUT2D eigenvalue weighted by atomic mass is 10.0. The van der Waals surface area contributed by atoms with Gasteiger partial charge in [0.2, 0.25) is 11.9 Å². The normalized spacial score (nSPS) is 23.0. The highest BCUT2D eigenvalue weighted by molar-refractivity contribution is 8.01. The highest BCUT2D eigenvalue weighted by Gasteiger charge is 2.54. The summed E-state index contributed by atoms with van der Waals surface area (Å²) in [6, 6.07) is -0.769. The monoisotopic (exact) mass is 457 g/mol. The number of aromatic nitrogens is 3. The molecule has 29 heavy (non-hydrogen) atoms. The summed E-state index contributed by atoms with van der Waals surface area (Å²) in [5, 5.41) is 30.4. The van der Waals surface area contributed by atoms with Crippen molar-refractivity contribution in [1.29, 1.82) is 0 Å². The number of nitrogens with zero attached hydrogens (tertiary/aromatic N) is 8. The predicted octanol–water partition coefficient (Wildman–Crippen LogP) is -1.00. The Kier molecular flexibility index (Phi) is 5.55. The van der Waals surface area contributed by atoms with Crippen molar-refractivity contribution in [2.45, 2.75) is 15.8 Å². The zero-order chi connectivity index (χ0) is 20.5. The molecule has 16 heteroatoms. The second-order valence-electron chi connectivity index (χ2n) is 6.14. The molecule has 4 rings (SSSR count). The molecule has 0 aliphatic carbocycles. The molecule has 1 saturated heterocycles. The highest BCUT2D eigenvalue weighted by atomic mass is 32.2. The Morgan fingerprint density at radius 1 is 1.45 bits per heavy atom. The third-order valence-corrected chi connectivity index (χ3v) is 7.49. The number of aliphatic carboxylic acids is 1. The van der Waals surface area contributed by atoms with Crippen LogP contribution in [0.1, 0.15) is 0 Å². The third-order valence-electron chi connectivity index (χ3n) is 4.18. The van der Waals surface area contributed by atoms with Gasteiger partial charge in [0, 0.05) is 11.5 Å². The molecule has 0 saturated carbocycles. The first-order chi connectivity index (χ1) is 13.9. The number of β-lactam (4-membered cyclic amide) rings is 1. The minimum absolute atomic E-state index is 0.0159. The number of fused-ring (bicyclic) bond motifs is 1. The molecule has 3 aliphatic heterocycles. The van der Waals surface area contributed by atoms with Gasteiger partial charge in [0.1, 0.15) is 35.7 Å². The van der Waals surface area contributed by atoms with Crippen LogP contribution in [0.15, 0.2) is 31.2 Å². The van der Waals surface area contributed by atoms with Gasteiger partial charge in [0.05, 0.1) is 5.10 Å². The summed E-state index contributed by atoms with van der Waals surface area (Å²) in [5.74, 6) is -1.16. The lowest BCUT2D eigenvalue weighted by Crippen LogP contribution is -2.71. The van der Waals surface area contributed by atoms with Crippen molar-refractivity contribution in [2.24, 2.45) is 22.6 Å². The maximum atomic E-state index is 12.6. The Morgan fingerprint density at radius 3 is 2.93 bits per heavy atom. The summed E-state index contributed by atoms with van der Waals surface area (Å²) >= 11 is 4.15. The summed E-state index contributed by atoms with van der Waals surface area (Å²) in [7, 11) is 1.76. The summed E-state index contributed by atoms with van der Waals surface area (Å²) in [5.41, 5.74) is 0.622. The van der Waals surface area contributed by atoms with Gasteiger partial charge in [-0.2, -0.15) is 0 Å². The Hall–Kier alpha value is -2.46. The number of carbonyl (C=O) groups is 3. The second kappa shape index (κ2) is 8.11. The van der Waals surface area contributed by atoms with Crippen LogP contribution in [-0.4, -0.2) is 78.9 Å². The third kappa shape index (κ3) is 3.99. The van der Waals surface area contributed by atoms with E-state index in [0.29, 0.717) is 21.4 Å². The van der Waals surface area contributed by atoms with Crippen LogP contribution in [0.5, 0.6) is 0 Å². The molecule has 1 fully saturated rings. The average Bonchev–Trinajstić information content (AvgIpc) is 3.35. The average molecular weight is 458 g/mol. The van der Waals surface area contributed by atoms with Gasteiger partial charge in [0.25, 0.3) is 11.8 Å². The predicted molar refractivity (Wildman–Crippen MR) is 98.8 cm³/mol. The van der Waals surface area contributed by atoms with E-state index in [9.17, 15) is 19.5 Å². The highest BCUT2D eigenvalue weighted by Crippen LogP contribution is 2.41. The van der Waals surface area contributed by atoms with Crippen molar-refractivity contribution >= 4 is 52.8 Å². The fraction of sp³-hybridized carbons (Fsp3) is 0.538. The minimum atomic E-state index is -1.16. The molecule has 152 valence electrons. The van der Waals surface area contributed by atoms with Crippen LogP contribution < -0.4 is 9.39 Å². The van der Waals surface area contributed by atoms with Gasteiger partial charge in [-0.25, -0.2) is 4.79 Å². The van der Waals surface area contributed by atoms with Crippen LogP contribution >= 0.6 is 35.1 Å². The number of rotatable bonds is 7. The maximum Gasteiger partial charge on any atom is 0.352 e. The van der Waals surface area contributed by atoms with Gasteiger partial charge in [-0.05, 0) is 10.7 Å². The molecule has 1 aromatic heterocycles. The van der Waals surface area contributed by atoms with Gasteiger partial charge >= 0.3 is 10.3 Å². The Balaban J connectivity index is 1.42. The first-order valence-electron chi connectivity index (χ1n) is 8.29. The van der Waals surface area contributed by atoms with Crippen molar-refractivity contribution in [3.63, 3.8) is 0 Å². The quantitative estimate of drug-likeness (QED) is 0.300. The number of carbonyl (C=O) groups excluding carboxylic acids is 2. The number of carboxylic acids is 1. The lowest BCUT2D eigenvalue weighted by Gasteiger charge is -2.49. The van der Waals surface area contributed by atoms with E-state index in [-0.39, 0.29) is 18.9 Å². The topological polar surface area (TPSA) is 156 Å². The van der Waals surface area contributed by atoms with Crippen LogP contribution in [0.3, 0.4) is 0 Å². The van der Waals surface area contributed by atoms with E-state index in [4.69, 9.17) is 0 Å². The first kappa shape index (κ1) is 19.8. The summed E-state index contributed by atoms with van der Waals surface area (Å²) < 4.78 is 3.67. The fourth-order valence-corrected chi connectivity index (χ4v) is 6.12. The fourth-order valence-electron chi connectivity index (χ4n) is 2.93. The van der Waals surface area contributed by atoms with E-state index in [0.717, 1.165) is 0 Å². The van der Waals surface area contributed by atoms with Crippen molar-refractivity contribution in [2.75, 3.05) is 24.7 Å². The lowest BCUT2D eigenvalue weighted by molar-refractivity contribution is -0.668.